The topological polar surface area (TPSA) is 33.1 Å². The number of aryl methyl sites for hydroxylation is 4. The Labute approximate surface area is 106 Å². The Bertz CT molecular complexity index is 545. The molecular formula is C14H17NOS. The van der Waals surface area contributed by atoms with Gasteiger partial charge in [-0.2, -0.15) is 0 Å². The van der Waals surface area contributed by atoms with Gasteiger partial charge >= 0.3 is 0 Å². The summed E-state index contributed by atoms with van der Waals surface area (Å²) in [5.74, 6) is 0. The summed E-state index contributed by atoms with van der Waals surface area (Å²) in [4.78, 5) is 5.13. The Hall–Kier alpha value is -1.19. The van der Waals surface area contributed by atoms with Crippen LogP contribution in [0.25, 0.3) is 0 Å². The maximum Gasteiger partial charge on any atom is 0.115 e. The van der Waals surface area contributed by atoms with Gasteiger partial charge in [0.15, 0.2) is 0 Å². The summed E-state index contributed by atoms with van der Waals surface area (Å²) in [6, 6.07) is 4.21. The highest BCUT2D eigenvalue weighted by Gasteiger charge is 2.17. The van der Waals surface area contributed by atoms with Crippen molar-refractivity contribution in [2.45, 2.75) is 33.8 Å². The first-order valence-corrected chi connectivity index (χ1v) is 6.54. The molecule has 1 unspecified atom stereocenters. The van der Waals surface area contributed by atoms with Gasteiger partial charge < -0.3 is 5.11 Å². The smallest absolute Gasteiger partial charge is 0.115 e. The zero-order chi connectivity index (χ0) is 12.6. The van der Waals surface area contributed by atoms with Gasteiger partial charge in [-0.3, -0.25) is 0 Å². The summed E-state index contributed by atoms with van der Waals surface area (Å²) >= 11 is 1.51. The first-order valence-electron chi connectivity index (χ1n) is 5.66. The Morgan fingerprint density at radius 3 is 2.29 bits per heavy atom. The van der Waals surface area contributed by atoms with Crippen LogP contribution < -0.4 is 0 Å². The van der Waals surface area contributed by atoms with E-state index in [2.05, 4.69) is 31.0 Å². The van der Waals surface area contributed by atoms with Crippen LogP contribution in [0.2, 0.25) is 0 Å². The highest BCUT2D eigenvalue weighted by molar-refractivity contribution is 7.09. The van der Waals surface area contributed by atoms with Gasteiger partial charge in [-0.05, 0) is 49.9 Å². The minimum Gasteiger partial charge on any atom is -0.383 e. The van der Waals surface area contributed by atoms with E-state index in [-0.39, 0.29) is 0 Å². The second-order valence-corrected chi connectivity index (χ2v) is 5.38. The molecule has 0 aliphatic heterocycles. The fourth-order valence-corrected chi connectivity index (χ4v) is 2.80. The second kappa shape index (κ2) is 4.59. The van der Waals surface area contributed by atoms with E-state index < -0.39 is 6.10 Å². The molecule has 0 aliphatic rings. The molecule has 2 aromatic rings. The standard InChI is InChI=1S/C14H17NOS/c1-8-5-10(3)12(6-9(8)2)13(16)14-11(4)15-7-17-14/h5-7,13,16H,1-4H3. The Morgan fingerprint density at radius 1 is 1.06 bits per heavy atom. The van der Waals surface area contributed by atoms with Crippen LogP contribution in [-0.2, 0) is 0 Å². The van der Waals surface area contributed by atoms with Crippen LogP contribution in [0.4, 0.5) is 0 Å². The number of benzene rings is 1. The highest BCUT2D eigenvalue weighted by atomic mass is 32.1. The van der Waals surface area contributed by atoms with Gasteiger partial charge in [-0.1, -0.05) is 12.1 Å². The van der Waals surface area contributed by atoms with Gasteiger partial charge in [-0.15, -0.1) is 11.3 Å². The lowest BCUT2D eigenvalue weighted by molar-refractivity contribution is 0.222. The van der Waals surface area contributed by atoms with Crippen LogP contribution in [0.3, 0.4) is 0 Å². The van der Waals surface area contributed by atoms with Gasteiger partial charge in [0.05, 0.1) is 16.1 Å². The zero-order valence-corrected chi connectivity index (χ0v) is 11.4. The SMILES string of the molecule is Cc1cc(C)c(C(O)c2scnc2C)cc1C. The van der Waals surface area contributed by atoms with Crippen LogP contribution in [0.15, 0.2) is 17.6 Å². The number of nitrogens with zero attached hydrogens (tertiary/aromatic N) is 1. The fourth-order valence-electron chi connectivity index (χ4n) is 1.99. The molecule has 1 aromatic heterocycles. The molecule has 2 nitrogen and oxygen atoms in total. The van der Waals surface area contributed by atoms with Crippen LogP contribution in [0.1, 0.15) is 38.9 Å². The van der Waals surface area contributed by atoms with Crippen molar-refractivity contribution in [2.75, 3.05) is 0 Å². The summed E-state index contributed by atoms with van der Waals surface area (Å²) in [5.41, 5.74) is 7.30. The van der Waals surface area contributed by atoms with Crippen LogP contribution in [0, 0.1) is 27.7 Å². The first kappa shape index (κ1) is 12.3. The van der Waals surface area contributed by atoms with Gasteiger partial charge in [0, 0.05) is 0 Å². The molecular weight excluding hydrogens is 230 g/mol. The van der Waals surface area contributed by atoms with Crippen molar-refractivity contribution in [1.82, 2.24) is 4.98 Å². The average Bonchev–Trinajstić information content (AvgIpc) is 2.69. The van der Waals surface area contributed by atoms with E-state index in [0.29, 0.717) is 0 Å². The predicted molar refractivity (Wildman–Crippen MR) is 71.6 cm³/mol. The number of rotatable bonds is 2. The summed E-state index contributed by atoms with van der Waals surface area (Å²) in [6.45, 7) is 8.15. The molecule has 0 saturated carbocycles. The van der Waals surface area contributed by atoms with Crippen molar-refractivity contribution in [3.8, 4) is 0 Å². The lowest BCUT2D eigenvalue weighted by atomic mass is 9.96. The Balaban J connectivity index is 2.48. The van der Waals surface area contributed by atoms with Crippen LogP contribution in [0.5, 0.6) is 0 Å². The Morgan fingerprint density at radius 2 is 1.71 bits per heavy atom. The molecule has 0 spiro atoms. The molecule has 17 heavy (non-hydrogen) atoms. The third-order valence-electron chi connectivity index (χ3n) is 3.21. The summed E-state index contributed by atoms with van der Waals surface area (Å²) in [5, 5.41) is 10.4. The minimum atomic E-state index is -0.554. The lowest BCUT2D eigenvalue weighted by Gasteiger charge is -2.15. The van der Waals surface area contributed by atoms with E-state index in [1.54, 1.807) is 5.51 Å². The molecule has 0 aliphatic carbocycles. The molecule has 0 radical (unpaired) electrons. The third-order valence-corrected chi connectivity index (χ3v) is 4.19. The zero-order valence-electron chi connectivity index (χ0n) is 10.6. The van der Waals surface area contributed by atoms with Crippen molar-refractivity contribution < 1.29 is 5.11 Å². The lowest BCUT2D eigenvalue weighted by Crippen LogP contribution is -2.03. The van der Waals surface area contributed by atoms with Crippen molar-refractivity contribution in [1.29, 1.82) is 0 Å². The highest BCUT2D eigenvalue weighted by Crippen LogP contribution is 2.30. The summed E-state index contributed by atoms with van der Waals surface area (Å²) in [7, 11) is 0. The van der Waals surface area contributed by atoms with Crippen LogP contribution in [-0.4, -0.2) is 10.1 Å². The molecule has 0 fully saturated rings. The van der Waals surface area contributed by atoms with Gasteiger partial charge in [0.2, 0.25) is 0 Å². The van der Waals surface area contributed by atoms with Gasteiger partial charge in [0.25, 0.3) is 0 Å². The molecule has 1 aromatic carbocycles. The molecule has 0 amide bonds. The quantitative estimate of drug-likeness (QED) is 0.881. The summed E-state index contributed by atoms with van der Waals surface area (Å²) in [6.07, 6.45) is -0.554. The van der Waals surface area contributed by atoms with E-state index in [0.717, 1.165) is 21.7 Å². The number of aliphatic hydroxyl groups excluding tert-OH is 1. The minimum absolute atomic E-state index is 0.554. The normalized spacial score (nSPS) is 12.8. The molecule has 90 valence electrons. The summed E-state index contributed by atoms with van der Waals surface area (Å²) < 4.78 is 0. The number of aliphatic hydroxyl groups is 1. The fraction of sp³-hybridized carbons (Fsp3) is 0.357. The maximum absolute atomic E-state index is 10.4. The van der Waals surface area contributed by atoms with Crippen molar-refractivity contribution in [3.05, 3.63) is 50.5 Å². The van der Waals surface area contributed by atoms with Gasteiger partial charge in [0.1, 0.15) is 6.10 Å². The monoisotopic (exact) mass is 247 g/mol. The van der Waals surface area contributed by atoms with E-state index >= 15 is 0 Å². The predicted octanol–water partition coefficient (Wildman–Crippen LogP) is 3.46. The molecule has 1 heterocycles. The van der Waals surface area contributed by atoms with E-state index in [1.165, 1.54) is 22.5 Å². The second-order valence-electron chi connectivity index (χ2n) is 4.50. The third kappa shape index (κ3) is 2.26. The molecule has 3 heteroatoms. The molecule has 0 saturated heterocycles. The van der Waals surface area contributed by atoms with Crippen molar-refractivity contribution >= 4 is 11.3 Å². The van der Waals surface area contributed by atoms with E-state index in [1.807, 2.05) is 13.8 Å². The largest absolute Gasteiger partial charge is 0.383 e. The Kier molecular flexibility index (Phi) is 3.31. The maximum atomic E-state index is 10.4. The van der Waals surface area contributed by atoms with Crippen molar-refractivity contribution in [3.63, 3.8) is 0 Å². The molecule has 2 rings (SSSR count). The van der Waals surface area contributed by atoms with E-state index in [9.17, 15) is 5.11 Å². The van der Waals surface area contributed by atoms with Gasteiger partial charge in [-0.25, -0.2) is 4.98 Å². The first-order chi connectivity index (χ1) is 8.00. The van der Waals surface area contributed by atoms with E-state index in [4.69, 9.17) is 0 Å². The average molecular weight is 247 g/mol. The molecule has 1 N–H and O–H groups in total. The molecule has 0 bridgehead atoms. The van der Waals surface area contributed by atoms with Crippen molar-refractivity contribution in [2.24, 2.45) is 0 Å². The number of aromatic nitrogens is 1. The van der Waals surface area contributed by atoms with Crippen LogP contribution >= 0.6 is 11.3 Å². The number of hydrogen-bond acceptors (Lipinski definition) is 3. The number of hydrogen-bond donors (Lipinski definition) is 1. The molecule has 1 atom stereocenters. The number of thiazole rings is 1.